The molecule has 7 heteroatoms. The quantitative estimate of drug-likeness (QED) is 0.834. The highest BCUT2D eigenvalue weighted by atomic mass is 15.3. The third-order valence-electron chi connectivity index (χ3n) is 5.23. The third kappa shape index (κ3) is 3.30. The lowest BCUT2D eigenvalue weighted by atomic mass is 9.96. The van der Waals surface area contributed by atoms with Crippen LogP contribution in [-0.4, -0.2) is 60.2 Å². The topological polar surface area (TPSA) is 61.3 Å². The zero-order chi connectivity index (χ0) is 18.1. The molecular formula is C19H27N7. The van der Waals surface area contributed by atoms with E-state index in [-0.39, 0.29) is 0 Å². The zero-order valence-corrected chi connectivity index (χ0v) is 15.9. The molecule has 3 heterocycles. The molecular weight excluding hydrogens is 326 g/mol. The van der Waals surface area contributed by atoms with Crippen LogP contribution in [0.3, 0.4) is 0 Å². The van der Waals surface area contributed by atoms with Gasteiger partial charge in [-0.05, 0) is 32.6 Å². The maximum absolute atomic E-state index is 4.72. The van der Waals surface area contributed by atoms with Crippen molar-refractivity contribution >= 4 is 17.6 Å². The van der Waals surface area contributed by atoms with Gasteiger partial charge in [0.2, 0.25) is 5.95 Å². The predicted molar refractivity (Wildman–Crippen MR) is 104 cm³/mol. The van der Waals surface area contributed by atoms with Gasteiger partial charge in [0.1, 0.15) is 18.0 Å². The Morgan fingerprint density at radius 2 is 1.65 bits per heavy atom. The Morgan fingerprint density at radius 1 is 0.923 bits per heavy atom. The van der Waals surface area contributed by atoms with Crippen molar-refractivity contribution in [1.82, 2.24) is 19.9 Å². The number of hydrogen-bond acceptors (Lipinski definition) is 7. The fourth-order valence-electron chi connectivity index (χ4n) is 3.82. The van der Waals surface area contributed by atoms with Crippen molar-refractivity contribution in [2.24, 2.45) is 0 Å². The van der Waals surface area contributed by atoms with Crippen molar-refractivity contribution in [3.63, 3.8) is 0 Å². The molecule has 7 nitrogen and oxygen atoms in total. The minimum absolute atomic E-state index is 0.771. The van der Waals surface area contributed by atoms with E-state index in [1.165, 1.54) is 24.1 Å². The smallest absolute Gasteiger partial charge is 0.226 e. The fraction of sp³-hybridized carbons (Fsp3) is 0.579. The van der Waals surface area contributed by atoms with Gasteiger partial charge >= 0.3 is 0 Å². The number of nitrogens with zero attached hydrogens (tertiary/aromatic N) is 7. The summed E-state index contributed by atoms with van der Waals surface area (Å²) in [6, 6.07) is 2.08. The van der Waals surface area contributed by atoms with Crippen LogP contribution in [0.5, 0.6) is 0 Å². The Kier molecular flexibility index (Phi) is 4.61. The summed E-state index contributed by atoms with van der Waals surface area (Å²) in [4.78, 5) is 25.1. The number of rotatable bonds is 3. The molecule has 2 aliphatic rings. The number of aromatic nitrogens is 4. The lowest BCUT2D eigenvalue weighted by Gasteiger charge is -2.37. The van der Waals surface area contributed by atoms with E-state index in [0.717, 1.165) is 62.3 Å². The van der Waals surface area contributed by atoms with Crippen LogP contribution in [-0.2, 0) is 12.8 Å². The van der Waals surface area contributed by atoms with Crippen molar-refractivity contribution in [1.29, 1.82) is 0 Å². The summed E-state index contributed by atoms with van der Waals surface area (Å²) in [7, 11) is 3.96. The van der Waals surface area contributed by atoms with Gasteiger partial charge in [0.05, 0.1) is 0 Å². The molecule has 0 amide bonds. The van der Waals surface area contributed by atoms with E-state index in [9.17, 15) is 0 Å². The van der Waals surface area contributed by atoms with E-state index in [4.69, 9.17) is 4.98 Å². The van der Waals surface area contributed by atoms with E-state index >= 15 is 0 Å². The molecule has 0 N–H and O–H groups in total. The van der Waals surface area contributed by atoms with Crippen LogP contribution in [0.15, 0.2) is 12.4 Å². The highest BCUT2D eigenvalue weighted by molar-refractivity contribution is 5.52. The van der Waals surface area contributed by atoms with E-state index in [0.29, 0.717) is 0 Å². The minimum atomic E-state index is 0.771. The van der Waals surface area contributed by atoms with Crippen molar-refractivity contribution in [2.75, 3.05) is 55.0 Å². The van der Waals surface area contributed by atoms with Gasteiger partial charge in [0.25, 0.3) is 0 Å². The monoisotopic (exact) mass is 353 g/mol. The molecule has 0 aromatic carbocycles. The Morgan fingerprint density at radius 3 is 2.42 bits per heavy atom. The van der Waals surface area contributed by atoms with Crippen LogP contribution in [0.25, 0.3) is 0 Å². The van der Waals surface area contributed by atoms with Gasteiger partial charge in [-0.3, -0.25) is 0 Å². The normalized spacial score (nSPS) is 17.2. The second-order valence-corrected chi connectivity index (χ2v) is 7.37. The first kappa shape index (κ1) is 17.0. The summed E-state index contributed by atoms with van der Waals surface area (Å²) in [6.45, 7) is 5.85. The van der Waals surface area contributed by atoms with E-state index in [2.05, 4.69) is 30.8 Å². The maximum Gasteiger partial charge on any atom is 0.226 e. The first-order valence-electron chi connectivity index (χ1n) is 9.47. The summed E-state index contributed by atoms with van der Waals surface area (Å²) in [5.41, 5.74) is 3.64. The summed E-state index contributed by atoms with van der Waals surface area (Å²) < 4.78 is 0. The number of anilines is 3. The highest BCUT2D eigenvalue weighted by Crippen LogP contribution is 2.28. The summed E-state index contributed by atoms with van der Waals surface area (Å²) in [5, 5.41) is 0. The van der Waals surface area contributed by atoms with Crippen LogP contribution >= 0.6 is 0 Å². The minimum Gasteiger partial charge on any atom is -0.353 e. The zero-order valence-electron chi connectivity index (χ0n) is 15.9. The highest BCUT2D eigenvalue weighted by Gasteiger charge is 2.24. The van der Waals surface area contributed by atoms with Gasteiger partial charge in [-0.2, -0.15) is 4.98 Å². The molecule has 1 fully saturated rings. The Labute approximate surface area is 155 Å². The molecule has 1 aliphatic heterocycles. The third-order valence-corrected chi connectivity index (χ3v) is 5.23. The van der Waals surface area contributed by atoms with Crippen molar-refractivity contribution in [3.8, 4) is 0 Å². The molecule has 138 valence electrons. The Bertz CT molecular complexity index is 781. The summed E-state index contributed by atoms with van der Waals surface area (Å²) in [6.07, 6.45) is 6.45. The number of fused-ring (bicyclic) bond motifs is 1. The van der Waals surface area contributed by atoms with Crippen LogP contribution in [0, 0.1) is 6.92 Å². The molecule has 1 saturated heterocycles. The van der Waals surface area contributed by atoms with Gasteiger partial charge in [-0.15, -0.1) is 0 Å². The average Bonchev–Trinajstić information content (AvgIpc) is 2.67. The van der Waals surface area contributed by atoms with Crippen molar-refractivity contribution in [2.45, 2.75) is 32.6 Å². The lowest BCUT2D eigenvalue weighted by molar-refractivity contribution is 0.619. The second-order valence-electron chi connectivity index (χ2n) is 7.37. The summed E-state index contributed by atoms with van der Waals surface area (Å²) in [5.74, 6) is 2.94. The number of piperazine rings is 1. The van der Waals surface area contributed by atoms with Crippen molar-refractivity contribution in [3.05, 3.63) is 29.3 Å². The molecule has 2 aromatic rings. The van der Waals surface area contributed by atoms with Gasteiger partial charge in [0.15, 0.2) is 0 Å². The molecule has 0 radical (unpaired) electrons. The second kappa shape index (κ2) is 7.05. The first-order valence-corrected chi connectivity index (χ1v) is 9.47. The fourth-order valence-corrected chi connectivity index (χ4v) is 3.82. The predicted octanol–water partition coefficient (Wildman–Crippen LogP) is 1.85. The molecule has 26 heavy (non-hydrogen) atoms. The van der Waals surface area contributed by atoms with E-state index < -0.39 is 0 Å². The largest absolute Gasteiger partial charge is 0.353 e. The van der Waals surface area contributed by atoms with E-state index in [1.54, 1.807) is 6.33 Å². The molecule has 0 spiro atoms. The average molecular weight is 353 g/mol. The SMILES string of the molecule is Cc1cc(N2CCN(c3ncnc4c3CCCC4)CC2)nc(N(C)C)n1. The van der Waals surface area contributed by atoms with E-state index in [1.807, 2.05) is 25.9 Å². The van der Waals surface area contributed by atoms with Gasteiger partial charge in [-0.25, -0.2) is 15.0 Å². The van der Waals surface area contributed by atoms with Crippen molar-refractivity contribution < 1.29 is 0 Å². The van der Waals surface area contributed by atoms with Crippen LogP contribution in [0.1, 0.15) is 29.8 Å². The van der Waals surface area contributed by atoms with Crippen LogP contribution < -0.4 is 14.7 Å². The maximum atomic E-state index is 4.72. The molecule has 0 unspecified atom stereocenters. The Balaban J connectivity index is 1.50. The number of aryl methyl sites for hydroxylation is 2. The molecule has 2 aromatic heterocycles. The van der Waals surface area contributed by atoms with Gasteiger partial charge in [0, 0.05) is 63.3 Å². The first-order chi connectivity index (χ1) is 12.6. The molecule has 0 saturated carbocycles. The van der Waals surface area contributed by atoms with Gasteiger partial charge in [-0.1, -0.05) is 0 Å². The molecule has 0 bridgehead atoms. The molecule has 0 atom stereocenters. The van der Waals surface area contributed by atoms with Crippen LogP contribution in [0.2, 0.25) is 0 Å². The Hall–Kier alpha value is -2.44. The molecule has 4 rings (SSSR count). The molecule has 1 aliphatic carbocycles. The lowest BCUT2D eigenvalue weighted by Crippen LogP contribution is -2.47. The van der Waals surface area contributed by atoms with Gasteiger partial charge < -0.3 is 14.7 Å². The summed E-state index contributed by atoms with van der Waals surface area (Å²) >= 11 is 0. The number of hydrogen-bond donors (Lipinski definition) is 0. The standard InChI is InChI=1S/C19H27N7/c1-14-12-17(23-19(22-14)24(2)3)25-8-10-26(11-9-25)18-15-6-4-5-7-16(15)20-13-21-18/h12-13H,4-11H2,1-3H3. The van der Waals surface area contributed by atoms with Crippen LogP contribution in [0.4, 0.5) is 17.6 Å².